The Hall–Kier alpha value is -3.02. The van der Waals surface area contributed by atoms with Crippen LogP contribution in [0.1, 0.15) is 11.1 Å². The Labute approximate surface area is 147 Å². The highest BCUT2D eigenvalue weighted by Crippen LogP contribution is 2.28. The van der Waals surface area contributed by atoms with Crippen LogP contribution in [0.3, 0.4) is 0 Å². The molecule has 0 bridgehead atoms. The van der Waals surface area contributed by atoms with Gasteiger partial charge in [-0.25, -0.2) is 4.98 Å². The Balaban J connectivity index is 1.85. The highest BCUT2D eigenvalue weighted by Gasteiger charge is 2.08. The molecule has 1 amide bonds. The number of carbonyl (C=O) groups is 1. The molecule has 25 heavy (non-hydrogen) atoms. The number of hydrogen-bond acceptors (Lipinski definition) is 5. The molecule has 0 radical (unpaired) electrons. The van der Waals surface area contributed by atoms with Crippen molar-refractivity contribution in [1.29, 1.82) is 0 Å². The highest BCUT2D eigenvalue weighted by atomic mass is 16.5. The third-order valence-electron chi connectivity index (χ3n) is 3.46. The van der Waals surface area contributed by atoms with Crippen molar-refractivity contribution < 1.29 is 19.0 Å². The molecular weight excluding hydrogens is 320 g/mol. The summed E-state index contributed by atoms with van der Waals surface area (Å²) >= 11 is 0. The molecule has 0 aliphatic carbocycles. The van der Waals surface area contributed by atoms with Crippen LogP contribution < -0.4 is 19.5 Å². The van der Waals surface area contributed by atoms with Crippen molar-refractivity contribution in [3.63, 3.8) is 0 Å². The molecular formula is C19H22N2O4. The number of nitrogens with zero attached hydrogens (tertiary/aromatic N) is 1. The Morgan fingerprint density at radius 2 is 1.96 bits per heavy atom. The van der Waals surface area contributed by atoms with Crippen molar-refractivity contribution in [3.8, 4) is 17.4 Å². The molecule has 0 aliphatic rings. The van der Waals surface area contributed by atoms with E-state index in [1.807, 2.05) is 24.3 Å². The number of allylic oxidation sites excluding steroid dienone is 1. The van der Waals surface area contributed by atoms with Crippen LogP contribution >= 0.6 is 0 Å². The fraction of sp³-hybridized carbons (Fsp3) is 0.263. The number of pyridine rings is 1. The number of carbonyl (C=O) groups excluding carboxylic acids is 1. The summed E-state index contributed by atoms with van der Waals surface area (Å²) in [6.45, 7) is 3.99. The van der Waals surface area contributed by atoms with Gasteiger partial charge in [0, 0.05) is 18.8 Å². The summed E-state index contributed by atoms with van der Waals surface area (Å²) in [5.41, 5.74) is 1.94. The molecule has 0 atom stereocenters. The van der Waals surface area contributed by atoms with E-state index in [1.54, 1.807) is 32.5 Å². The minimum absolute atomic E-state index is 0.0965. The van der Waals surface area contributed by atoms with E-state index < -0.39 is 0 Å². The van der Waals surface area contributed by atoms with Crippen LogP contribution in [-0.4, -0.2) is 31.7 Å². The van der Waals surface area contributed by atoms with Gasteiger partial charge in [-0.2, -0.15) is 0 Å². The quantitative estimate of drug-likeness (QED) is 0.709. The van der Waals surface area contributed by atoms with Gasteiger partial charge >= 0.3 is 0 Å². The fourth-order valence-corrected chi connectivity index (χ4v) is 2.16. The van der Waals surface area contributed by atoms with Crippen molar-refractivity contribution >= 4 is 5.91 Å². The topological polar surface area (TPSA) is 69.7 Å². The predicted molar refractivity (Wildman–Crippen MR) is 95.0 cm³/mol. The third-order valence-corrected chi connectivity index (χ3v) is 3.46. The van der Waals surface area contributed by atoms with Crippen molar-refractivity contribution in [2.45, 2.75) is 13.0 Å². The number of benzene rings is 1. The van der Waals surface area contributed by atoms with E-state index in [4.69, 9.17) is 14.2 Å². The molecule has 1 N–H and O–H groups in total. The molecule has 0 spiro atoms. The first kappa shape index (κ1) is 18.3. The second kappa shape index (κ2) is 9.32. The fourth-order valence-electron chi connectivity index (χ4n) is 2.16. The SMILES string of the molecule is C=CCc1ccc(OCC(=O)NCc2ccc(OC)nc2)c(OC)c1. The van der Waals surface area contributed by atoms with Crippen molar-refractivity contribution in [3.05, 3.63) is 60.3 Å². The number of ether oxygens (including phenoxy) is 3. The lowest BCUT2D eigenvalue weighted by Crippen LogP contribution is -2.28. The zero-order valence-corrected chi connectivity index (χ0v) is 14.5. The summed E-state index contributed by atoms with van der Waals surface area (Å²) in [5, 5.41) is 2.78. The molecule has 1 heterocycles. The van der Waals surface area contributed by atoms with E-state index >= 15 is 0 Å². The molecule has 0 saturated carbocycles. The van der Waals surface area contributed by atoms with Gasteiger partial charge in [0.1, 0.15) is 0 Å². The van der Waals surface area contributed by atoms with Gasteiger partial charge in [0.2, 0.25) is 5.88 Å². The monoisotopic (exact) mass is 342 g/mol. The maximum atomic E-state index is 11.9. The van der Waals surface area contributed by atoms with E-state index in [2.05, 4.69) is 16.9 Å². The molecule has 0 saturated heterocycles. The number of methoxy groups -OCH3 is 2. The second-order valence-corrected chi connectivity index (χ2v) is 5.25. The van der Waals surface area contributed by atoms with E-state index in [1.165, 1.54) is 0 Å². The van der Waals surface area contributed by atoms with Crippen LogP contribution in [0.5, 0.6) is 17.4 Å². The van der Waals surface area contributed by atoms with E-state index in [-0.39, 0.29) is 12.5 Å². The standard InChI is InChI=1S/C19H22N2O4/c1-4-5-14-6-8-16(17(10-14)23-2)25-13-18(22)20-11-15-7-9-19(24-3)21-12-15/h4,6-10,12H,1,5,11,13H2,2-3H3,(H,20,22). The van der Waals surface area contributed by atoms with Gasteiger partial charge < -0.3 is 19.5 Å². The maximum absolute atomic E-state index is 11.9. The van der Waals surface area contributed by atoms with Crippen LogP contribution in [0.4, 0.5) is 0 Å². The molecule has 0 unspecified atom stereocenters. The first-order valence-electron chi connectivity index (χ1n) is 7.82. The Kier molecular flexibility index (Phi) is 6.83. The molecule has 2 aromatic rings. The number of aromatic nitrogens is 1. The number of nitrogens with one attached hydrogen (secondary N) is 1. The first-order chi connectivity index (χ1) is 12.2. The lowest BCUT2D eigenvalue weighted by atomic mass is 10.1. The van der Waals surface area contributed by atoms with Gasteiger partial charge in [-0.3, -0.25) is 4.79 Å². The van der Waals surface area contributed by atoms with Gasteiger partial charge in [0.25, 0.3) is 5.91 Å². The maximum Gasteiger partial charge on any atom is 0.258 e. The molecule has 6 heteroatoms. The van der Waals surface area contributed by atoms with Crippen LogP contribution in [-0.2, 0) is 17.8 Å². The van der Waals surface area contributed by atoms with Crippen LogP contribution in [0.15, 0.2) is 49.2 Å². The number of amides is 1. The molecule has 2 rings (SSSR count). The van der Waals surface area contributed by atoms with Crippen LogP contribution in [0.25, 0.3) is 0 Å². The summed E-state index contributed by atoms with van der Waals surface area (Å²) in [4.78, 5) is 16.0. The minimum atomic E-state index is -0.229. The predicted octanol–water partition coefficient (Wildman–Crippen LogP) is 2.52. The van der Waals surface area contributed by atoms with E-state index in [9.17, 15) is 4.79 Å². The smallest absolute Gasteiger partial charge is 0.258 e. The molecule has 1 aromatic heterocycles. The van der Waals surface area contributed by atoms with Crippen LogP contribution in [0, 0.1) is 0 Å². The second-order valence-electron chi connectivity index (χ2n) is 5.25. The lowest BCUT2D eigenvalue weighted by molar-refractivity contribution is -0.123. The van der Waals surface area contributed by atoms with Crippen molar-refractivity contribution in [2.24, 2.45) is 0 Å². The summed E-state index contributed by atoms with van der Waals surface area (Å²) in [6, 6.07) is 9.17. The Morgan fingerprint density at radius 1 is 1.16 bits per heavy atom. The van der Waals surface area contributed by atoms with Crippen molar-refractivity contribution in [2.75, 3.05) is 20.8 Å². The highest BCUT2D eigenvalue weighted by molar-refractivity contribution is 5.77. The number of rotatable bonds is 9. The lowest BCUT2D eigenvalue weighted by Gasteiger charge is -2.12. The first-order valence-corrected chi connectivity index (χ1v) is 7.82. The van der Waals surface area contributed by atoms with Gasteiger partial charge in [0.15, 0.2) is 18.1 Å². The summed E-state index contributed by atoms with van der Waals surface area (Å²) in [5.74, 6) is 1.42. The normalized spacial score (nSPS) is 10.0. The third kappa shape index (κ3) is 5.53. The van der Waals surface area contributed by atoms with E-state index in [0.29, 0.717) is 23.9 Å². The summed E-state index contributed by atoms with van der Waals surface area (Å²) < 4.78 is 15.8. The molecule has 6 nitrogen and oxygen atoms in total. The Morgan fingerprint density at radius 3 is 2.60 bits per heavy atom. The van der Waals surface area contributed by atoms with Gasteiger partial charge in [0.05, 0.1) is 14.2 Å². The molecule has 0 aliphatic heterocycles. The van der Waals surface area contributed by atoms with Gasteiger partial charge in [-0.15, -0.1) is 6.58 Å². The van der Waals surface area contributed by atoms with Crippen molar-refractivity contribution in [1.82, 2.24) is 10.3 Å². The number of hydrogen-bond donors (Lipinski definition) is 1. The Bertz CT molecular complexity index is 714. The largest absolute Gasteiger partial charge is 0.493 e. The zero-order valence-electron chi connectivity index (χ0n) is 14.5. The van der Waals surface area contributed by atoms with E-state index in [0.717, 1.165) is 17.5 Å². The van der Waals surface area contributed by atoms with Gasteiger partial charge in [-0.05, 0) is 29.7 Å². The molecule has 0 fully saturated rings. The van der Waals surface area contributed by atoms with Crippen LogP contribution in [0.2, 0.25) is 0 Å². The summed E-state index contributed by atoms with van der Waals surface area (Å²) in [7, 11) is 3.12. The molecule has 132 valence electrons. The van der Waals surface area contributed by atoms with Gasteiger partial charge in [-0.1, -0.05) is 18.2 Å². The molecule has 1 aromatic carbocycles. The average molecular weight is 342 g/mol. The zero-order chi connectivity index (χ0) is 18.1. The summed E-state index contributed by atoms with van der Waals surface area (Å²) in [6.07, 6.45) is 4.21. The average Bonchev–Trinajstić information content (AvgIpc) is 2.65. The minimum Gasteiger partial charge on any atom is -0.493 e.